The molecule has 0 aliphatic heterocycles. The van der Waals surface area contributed by atoms with Crippen LogP contribution in [0, 0.1) is 5.82 Å². The number of hydrogen-bond donors (Lipinski definition) is 2. The molecule has 4 nitrogen and oxygen atoms in total. The van der Waals surface area contributed by atoms with Crippen molar-refractivity contribution in [3.05, 3.63) is 30.2 Å². The average molecular weight is 194 g/mol. The van der Waals surface area contributed by atoms with E-state index in [4.69, 9.17) is 10.8 Å². The summed E-state index contributed by atoms with van der Waals surface area (Å²) in [5, 5.41) is 9.27. The molecular weight excluding hydrogens is 187 g/mol. The first-order valence-electron chi connectivity index (χ1n) is 3.89. The molecule has 1 aromatic heterocycles. The normalized spacial score (nSPS) is 10.6. The van der Waals surface area contributed by atoms with Gasteiger partial charge in [-0.15, -0.1) is 0 Å². The third-order valence-corrected chi connectivity index (χ3v) is 2.01. The number of fused-ring (bicyclic) bond motifs is 1. The van der Waals surface area contributed by atoms with Crippen molar-refractivity contribution >= 4 is 22.7 Å². The summed E-state index contributed by atoms with van der Waals surface area (Å²) in [4.78, 5) is 10.7. The highest BCUT2D eigenvalue weighted by Crippen LogP contribution is 2.21. The zero-order valence-corrected chi connectivity index (χ0v) is 7.07. The summed E-state index contributed by atoms with van der Waals surface area (Å²) in [5.74, 6) is -0.541. The minimum Gasteiger partial charge on any atom is -0.464 e. The minimum atomic E-state index is -1.12. The van der Waals surface area contributed by atoms with Crippen LogP contribution < -0.4 is 5.73 Å². The van der Waals surface area contributed by atoms with Crippen LogP contribution >= 0.6 is 0 Å². The van der Waals surface area contributed by atoms with E-state index >= 15 is 0 Å². The highest BCUT2D eigenvalue weighted by Gasteiger charge is 2.09. The van der Waals surface area contributed by atoms with Crippen molar-refractivity contribution in [3.8, 4) is 0 Å². The monoisotopic (exact) mass is 194 g/mol. The fraction of sp³-hybridized carbons (Fsp3) is 0. The van der Waals surface area contributed by atoms with Gasteiger partial charge in [-0.05, 0) is 18.2 Å². The third-order valence-electron chi connectivity index (χ3n) is 2.01. The lowest BCUT2D eigenvalue weighted by Crippen LogP contribution is -2.05. The van der Waals surface area contributed by atoms with Gasteiger partial charge in [0, 0.05) is 11.6 Å². The molecule has 0 atom stereocenters. The van der Waals surface area contributed by atoms with Crippen LogP contribution in [0.25, 0.3) is 10.9 Å². The van der Waals surface area contributed by atoms with Crippen LogP contribution in [0.5, 0.6) is 0 Å². The van der Waals surface area contributed by atoms with Gasteiger partial charge >= 0.3 is 6.09 Å². The second kappa shape index (κ2) is 2.73. The Bertz CT molecular complexity index is 519. The van der Waals surface area contributed by atoms with E-state index in [1.54, 1.807) is 0 Å². The van der Waals surface area contributed by atoms with Gasteiger partial charge in [-0.2, -0.15) is 0 Å². The Hall–Kier alpha value is -2.04. The van der Waals surface area contributed by atoms with Crippen molar-refractivity contribution in [2.24, 2.45) is 0 Å². The summed E-state index contributed by atoms with van der Waals surface area (Å²) in [6, 6.07) is 4.04. The minimum absolute atomic E-state index is 0.0568. The Morgan fingerprint density at radius 2 is 2.21 bits per heavy atom. The van der Waals surface area contributed by atoms with Gasteiger partial charge in [0.1, 0.15) is 5.82 Å². The zero-order chi connectivity index (χ0) is 10.3. The zero-order valence-electron chi connectivity index (χ0n) is 7.07. The fourth-order valence-corrected chi connectivity index (χ4v) is 1.34. The molecule has 2 aromatic rings. The van der Waals surface area contributed by atoms with Gasteiger partial charge < -0.3 is 10.8 Å². The van der Waals surface area contributed by atoms with Gasteiger partial charge in [-0.25, -0.2) is 9.18 Å². The molecule has 0 bridgehead atoms. The Morgan fingerprint density at radius 1 is 1.50 bits per heavy atom. The van der Waals surface area contributed by atoms with E-state index in [1.807, 2.05) is 0 Å². The van der Waals surface area contributed by atoms with Crippen molar-refractivity contribution < 1.29 is 14.3 Å². The highest BCUT2D eigenvalue weighted by atomic mass is 19.1. The van der Waals surface area contributed by atoms with E-state index in [0.29, 0.717) is 10.9 Å². The van der Waals surface area contributed by atoms with Crippen LogP contribution in [-0.2, 0) is 0 Å². The van der Waals surface area contributed by atoms with E-state index in [9.17, 15) is 9.18 Å². The van der Waals surface area contributed by atoms with E-state index in [1.165, 1.54) is 24.4 Å². The van der Waals surface area contributed by atoms with Crippen LogP contribution in [-0.4, -0.2) is 15.8 Å². The van der Waals surface area contributed by atoms with Crippen molar-refractivity contribution in [1.82, 2.24) is 4.57 Å². The van der Waals surface area contributed by atoms with Gasteiger partial charge in [-0.1, -0.05) is 0 Å². The van der Waals surface area contributed by atoms with Crippen molar-refractivity contribution in [3.63, 3.8) is 0 Å². The number of benzene rings is 1. The van der Waals surface area contributed by atoms with Crippen molar-refractivity contribution in [2.75, 3.05) is 5.73 Å². The van der Waals surface area contributed by atoms with Crippen LogP contribution in [0.4, 0.5) is 14.9 Å². The first-order chi connectivity index (χ1) is 6.59. The molecule has 0 radical (unpaired) electrons. The Kier molecular flexibility index (Phi) is 1.67. The second-order valence-electron chi connectivity index (χ2n) is 2.90. The molecule has 2 rings (SSSR count). The molecule has 0 amide bonds. The van der Waals surface area contributed by atoms with Gasteiger partial charge in [0.25, 0.3) is 0 Å². The molecule has 5 heteroatoms. The van der Waals surface area contributed by atoms with E-state index in [2.05, 4.69) is 0 Å². The lowest BCUT2D eigenvalue weighted by Gasteiger charge is -2.00. The van der Waals surface area contributed by atoms with Gasteiger partial charge in [0.2, 0.25) is 0 Å². The van der Waals surface area contributed by atoms with Crippen molar-refractivity contribution in [2.45, 2.75) is 0 Å². The Balaban J connectivity index is 2.80. The molecule has 0 spiro atoms. The van der Waals surface area contributed by atoms with Crippen LogP contribution in [0.3, 0.4) is 0 Å². The maximum Gasteiger partial charge on any atom is 0.416 e. The Morgan fingerprint density at radius 3 is 2.86 bits per heavy atom. The largest absolute Gasteiger partial charge is 0.464 e. The summed E-state index contributed by atoms with van der Waals surface area (Å²) in [6.45, 7) is 0. The molecule has 1 heterocycles. The predicted molar refractivity (Wildman–Crippen MR) is 49.7 cm³/mol. The van der Waals surface area contributed by atoms with E-state index in [-0.39, 0.29) is 5.69 Å². The van der Waals surface area contributed by atoms with E-state index < -0.39 is 11.9 Å². The first kappa shape index (κ1) is 8.55. The lowest BCUT2D eigenvalue weighted by molar-refractivity contribution is 0.197. The molecule has 0 saturated heterocycles. The van der Waals surface area contributed by atoms with Gasteiger partial charge in [-0.3, -0.25) is 4.57 Å². The number of anilines is 1. The molecule has 3 N–H and O–H groups in total. The predicted octanol–water partition coefficient (Wildman–Crippen LogP) is 1.89. The first-order valence-corrected chi connectivity index (χ1v) is 3.89. The Labute approximate surface area is 78.4 Å². The number of nitrogen functional groups attached to an aromatic ring is 1. The topological polar surface area (TPSA) is 68.2 Å². The third kappa shape index (κ3) is 1.10. The smallest absolute Gasteiger partial charge is 0.416 e. The number of carboxylic acid groups (broad SMARTS) is 1. The molecule has 14 heavy (non-hydrogen) atoms. The number of nitrogens with two attached hydrogens (primary N) is 1. The summed E-state index contributed by atoms with van der Waals surface area (Å²) in [6.07, 6.45) is 0.234. The molecule has 0 aliphatic rings. The standard InChI is InChI=1S/C9H7FN2O2/c10-6-3-5-1-2-12(9(13)14)8(5)4-7(6)11/h1-4H,11H2,(H,13,14). The van der Waals surface area contributed by atoms with E-state index in [0.717, 1.165) is 4.57 Å². The average Bonchev–Trinajstić information content (AvgIpc) is 2.48. The van der Waals surface area contributed by atoms with Crippen molar-refractivity contribution in [1.29, 1.82) is 0 Å². The van der Waals surface area contributed by atoms with Crippen LogP contribution in [0.1, 0.15) is 0 Å². The van der Waals surface area contributed by atoms with Crippen LogP contribution in [0.15, 0.2) is 24.4 Å². The molecule has 1 aromatic carbocycles. The molecule has 0 unspecified atom stereocenters. The number of nitrogens with zero attached hydrogens (tertiary/aromatic N) is 1. The number of halogens is 1. The summed E-state index contributed by atoms with van der Waals surface area (Å²) in [7, 11) is 0. The summed E-state index contributed by atoms with van der Waals surface area (Å²) >= 11 is 0. The fourth-order valence-electron chi connectivity index (χ4n) is 1.34. The molecule has 72 valence electrons. The molecule has 0 saturated carbocycles. The van der Waals surface area contributed by atoms with Gasteiger partial charge in [0.15, 0.2) is 0 Å². The highest BCUT2D eigenvalue weighted by molar-refractivity contribution is 5.90. The molecule has 0 aliphatic carbocycles. The lowest BCUT2D eigenvalue weighted by atomic mass is 10.2. The molecular formula is C9H7FN2O2. The number of aromatic nitrogens is 1. The molecule has 0 fully saturated rings. The summed E-state index contributed by atoms with van der Waals surface area (Å²) in [5.41, 5.74) is 5.66. The number of hydrogen-bond acceptors (Lipinski definition) is 2. The van der Waals surface area contributed by atoms with Crippen LogP contribution in [0.2, 0.25) is 0 Å². The maximum atomic E-state index is 13.0. The summed E-state index contributed by atoms with van der Waals surface area (Å²) < 4.78 is 14.0. The number of rotatable bonds is 0. The number of carbonyl (C=O) groups is 1. The van der Waals surface area contributed by atoms with Gasteiger partial charge in [0.05, 0.1) is 11.2 Å². The maximum absolute atomic E-state index is 13.0. The SMILES string of the molecule is Nc1cc2c(ccn2C(=O)O)cc1F. The second-order valence-corrected chi connectivity index (χ2v) is 2.90. The quantitative estimate of drug-likeness (QED) is 0.629.